The second-order valence-electron chi connectivity index (χ2n) is 9.50. The number of aryl methyl sites for hydroxylation is 2. The fourth-order valence-electron chi connectivity index (χ4n) is 4.71. The van der Waals surface area contributed by atoms with E-state index in [1.807, 2.05) is 45.0 Å². The van der Waals surface area contributed by atoms with Crippen molar-refractivity contribution in [2.75, 3.05) is 13.7 Å². The zero-order chi connectivity index (χ0) is 30.0. The largest absolute Gasteiger partial charge is 0.496 e. The van der Waals surface area contributed by atoms with E-state index in [-0.39, 0.29) is 12.2 Å². The van der Waals surface area contributed by atoms with Crippen LogP contribution in [0.4, 0.5) is 0 Å². The SMILES string of the molecule is CCCC1=C(C(=O)OCC)[C@@H](c2ccc(OC)c(Br)c2)n2c(s/c(=C/c3ccc(Sc4nc(C)cc(C)n4)o3)c2=O)=N1. The molecule has 1 atom stereocenters. The first kappa shape index (κ1) is 30.0. The summed E-state index contributed by atoms with van der Waals surface area (Å²) in [5.74, 6) is 0.658. The Labute approximate surface area is 259 Å². The van der Waals surface area contributed by atoms with E-state index in [1.165, 1.54) is 23.1 Å². The zero-order valence-corrected chi connectivity index (χ0v) is 27.0. The quantitative estimate of drug-likeness (QED) is 0.170. The van der Waals surface area contributed by atoms with Gasteiger partial charge in [-0.3, -0.25) is 9.36 Å². The second kappa shape index (κ2) is 12.8. The number of aromatic nitrogens is 3. The molecule has 0 aliphatic carbocycles. The summed E-state index contributed by atoms with van der Waals surface area (Å²) in [6, 6.07) is 10.3. The fraction of sp³-hybridized carbons (Fsp3) is 0.300. The number of halogens is 1. The number of carbonyl (C=O) groups is 1. The van der Waals surface area contributed by atoms with Gasteiger partial charge in [0.25, 0.3) is 5.56 Å². The van der Waals surface area contributed by atoms with Crippen molar-refractivity contribution in [1.82, 2.24) is 14.5 Å². The van der Waals surface area contributed by atoms with Crippen LogP contribution in [0.15, 0.2) is 76.6 Å². The van der Waals surface area contributed by atoms with E-state index < -0.39 is 12.0 Å². The molecular formula is C30H29BrN4O5S2. The molecule has 3 aromatic heterocycles. The van der Waals surface area contributed by atoms with Crippen LogP contribution in [-0.2, 0) is 9.53 Å². The Morgan fingerprint density at radius 2 is 1.93 bits per heavy atom. The van der Waals surface area contributed by atoms with Gasteiger partial charge in [0, 0.05) is 17.5 Å². The van der Waals surface area contributed by atoms with E-state index in [9.17, 15) is 9.59 Å². The number of thiazole rings is 1. The van der Waals surface area contributed by atoms with Crippen LogP contribution < -0.4 is 19.6 Å². The molecule has 1 aromatic carbocycles. The fourth-order valence-corrected chi connectivity index (χ4v) is 7.11. The van der Waals surface area contributed by atoms with E-state index in [0.29, 0.717) is 53.3 Å². The van der Waals surface area contributed by atoms with Crippen molar-refractivity contribution in [3.63, 3.8) is 0 Å². The first-order valence-electron chi connectivity index (χ1n) is 13.4. The van der Waals surface area contributed by atoms with E-state index in [4.69, 9.17) is 18.9 Å². The number of nitrogens with zero attached hydrogens (tertiary/aromatic N) is 4. The molecular weight excluding hydrogens is 640 g/mol. The Balaban J connectivity index is 1.62. The molecule has 0 N–H and O–H groups in total. The number of ether oxygens (including phenoxy) is 2. The van der Waals surface area contributed by atoms with Crippen molar-refractivity contribution in [1.29, 1.82) is 0 Å². The van der Waals surface area contributed by atoms with E-state index in [2.05, 4.69) is 25.9 Å². The highest BCUT2D eigenvalue weighted by Crippen LogP contribution is 2.36. The summed E-state index contributed by atoms with van der Waals surface area (Å²) in [5, 5.41) is 1.20. The highest BCUT2D eigenvalue weighted by Gasteiger charge is 2.34. The summed E-state index contributed by atoms with van der Waals surface area (Å²) in [6.45, 7) is 7.83. The number of furan rings is 1. The normalized spacial score (nSPS) is 15.0. The minimum absolute atomic E-state index is 0.206. The Bertz CT molecular complexity index is 1850. The molecule has 0 bridgehead atoms. The van der Waals surface area contributed by atoms with Gasteiger partial charge in [-0.05, 0) is 90.8 Å². The van der Waals surface area contributed by atoms with Crippen molar-refractivity contribution < 1.29 is 18.7 Å². The molecule has 12 heteroatoms. The van der Waals surface area contributed by atoms with Crippen molar-refractivity contribution in [2.24, 2.45) is 4.99 Å². The third-order valence-corrected chi connectivity index (χ3v) is 8.80. The lowest BCUT2D eigenvalue weighted by atomic mass is 9.94. The molecule has 1 aliphatic rings. The van der Waals surface area contributed by atoms with Gasteiger partial charge in [0.2, 0.25) is 0 Å². The number of methoxy groups -OCH3 is 1. The first-order valence-corrected chi connectivity index (χ1v) is 15.8. The summed E-state index contributed by atoms with van der Waals surface area (Å²) in [5.41, 5.74) is 3.18. The molecule has 0 amide bonds. The van der Waals surface area contributed by atoms with Crippen LogP contribution in [0.1, 0.15) is 55.4 Å². The van der Waals surface area contributed by atoms with Crippen LogP contribution in [0.2, 0.25) is 0 Å². The maximum Gasteiger partial charge on any atom is 0.338 e. The Morgan fingerprint density at radius 3 is 2.60 bits per heavy atom. The van der Waals surface area contributed by atoms with E-state index >= 15 is 0 Å². The summed E-state index contributed by atoms with van der Waals surface area (Å²) < 4.78 is 19.6. The van der Waals surface area contributed by atoms with Crippen molar-refractivity contribution in [3.8, 4) is 5.75 Å². The predicted octanol–water partition coefficient (Wildman–Crippen LogP) is 5.50. The number of esters is 1. The van der Waals surface area contributed by atoms with Gasteiger partial charge in [0.05, 0.1) is 40.0 Å². The lowest BCUT2D eigenvalue weighted by Gasteiger charge is -2.26. The molecule has 0 fully saturated rings. The Kier molecular flexibility index (Phi) is 9.14. The summed E-state index contributed by atoms with van der Waals surface area (Å²) in [4.78, 5) is 41.6. The minimum Gasteiger partial charge on any atom is -0.496 e. The average Bonchev–Trinajstić information content (AvgIpc) is 3.50. The number of hydrogen-bond acceptors (Lipinski definition) is 10. The van der Waals surface area contributed by atoms with E-state index in [0.717, 1.165) is 23.4 Å². The van der Waals surface area contributed by atoms with Gasteiger partial charge in [-0.15, -0.1) is 0 Å². The molecule has 0 saturated heterocycles. The van der Waals surface area contributed by atoms with Gasteiger partial charge in [0.1, 0.15) is 11.5 Å². The van der Waals surface area contributed by atoms with Crippen molar-refractivity contribution in [3.05, 3.63) is 94.5 Å². The molecule has 4 heterocycles. The van der Waals surface area contributed by atoms with Crippen LogP contribution >= 0.6 is 39.0 Å². The summed E-state index contributed by atoms with van der Waals surface area (Å²) in [6.07, 6.45) is 3.03. The standard InChI is InChI=1S/C30H29BrN4O5S2/c1-6-8-21-25(28(37)39-7-2)26(18-9-11-22(38-5)20(31)14-18)35-27(36)23(41-30(35)34-21)15-19-10-12-24(40-19)42-29-32-16(3)13-17(4)33-29/h9-15,26H,6-8H2,1-5H3/b23-15+/t26-/m1/s1. The maximum atomic E-state index is 14.0. The Hall–Kier alpha value is -3.48. The van der Waals surface area contributed by atoms with Gasteiger partial charge in [-0.2, -0.15) is 0 Å². The summed E-state index contributed by atoms with van der Waals surface area (Å²) >= 11 is 6.12. The van der Waals surface area contributed by atoms with Crippen LogP contribution in [-0.4, -0.2) is 34.2 Å². The molecule has 42 heavy (non-hydrogen) atoms. The topological polar surface area (TPSA) is 109 Å². The average molecular weight is 670 g/mol. The molecule has 9 nitrogen and oxygen atoms in total. The van der Waals surface area contributed by atoms with E-state index in [1.54, 1.807) is 36.8 Å². The zero-order valence-electron chi connectivity index (χ0n) is 23.8. The molecule has 218 valence electrons. The number of hydrogen-bond donors (Lipinski definition) is 0. The van der Waals surface area contributed by atoms with Crippen LogP contribution in [0.3, 0.4) is 0 Å². The number of allylic oxidation sites excluding steroid dienone is 1. The number of benzene rings is 1. The summed E-state index contributed by atoms with van der Waals surface area (Å²) in [7, 11) is 1.58. The second-order valence-corrected chi connectivity index (χ2v) is 12.3. The van der Waals surface area contributed by atoms with Crippen molar-refractivity contribution in [2.45, 2.75) is 56.8 Å². The van der Waals surface area contributed by atoms with Gasteiger partial charge < -0.3 is 13.9 Å². The lowest BCUT2D eigenvalue weighted by molar-refractivity contribution is -0.139. The molecule has 1 aliphatic heterocycles. The van der Waals surface area contributed by atoms with Crippen LogP contribution in [0, 0.1) is 13.8 Å². The van der Waals surface area contributed by atoms with Gasteiger partial charge >= 0.3 is 5.97 Å². The number of carbonyl (C=O) groups excluding carboxylic acids is 1. The third kappa shape index (κ3) is 6.16. The number of rotatable bonds is 9. The van der Waals surface area contributed by atoms with Gasteiger partial charge in [-0.1, -0.05) is 30.7 Å². The molecule has 4 aromatic rings. The third-order valence-electron chi connectivity index (χ3n) is 6.41. The first-order chi connectivity index (χ1) is 20.2. The van der Waals surface area contributed by atoms with Gasteiger partial charge in [0.15, 0.2) is 15.1 Å². The van der Waals surface area contributed by atoms with Crippen LogP contribution in [0.25, 0.3) is 6.08 Å². The minimum atomic E-state index is -0.726. The molecule has 5 rings (SSSR count). The highest BCUT2D eigenvalue weighted by atomic mass is 79.9. The Morgan fingerprint density at radius 1 is 1.17 bits per heavy atom. The molecule has 0 saturated carbocycles. The predicted molar refractivity (Wildman–Crippen MR) is 165 cm³/mol. The van der Waals surface area contributed by atoms with Crippen LogP contribution in [0.5, 0.6) is 5.75 Å². The molecule has 0 radical (unpaired) electrons. The molecule has 0 spiro atoms. The van der Waals surface area contributed by atoms with Crippen molar-refractivity contribution >= 4 is 51.1 Å². The number of fused-ring (bicyclic) bond motifs is 1. The smallest absolute Gasteiger partial charge is 0.338 e. The lowest BCUT2D eigenvalue weighted by Crippen LogP contribution is -2.40. The molecule has 0 unspecified atom stereocenters. The monoisotopic (exact) mass is 668 g/mol. The highest BCUT2D eigenvalue weighted by molar-refractivity contribution is 9.10. The maximum absolute atomic E-state index is 14.0. The van der Waals surface area contributed by atoms with Gasteiger partial charge in [-0.25, -0.2) is 19.8 Å².